The summed E-state index contributed by atoms with van der Waals surface area (Å²) in [5.74, 6) is -0.379. The SMILES string of the molecule is CC(CN1CCN(CC(c2ccc(F)cc2)N2CCN(C)CC2)CC1)C(=O)c1ccc([N+](=O)[O-])cc1. The van der Waals surface area contributed by atoms with Gasteiger partial charge in [0.15, 0.2) is 5.78 Å². The van der Waals surface area contributed by atoms with E-state index in [2.05, 4.69) is 26.6 Å². The molecule has 2 heterocycles. The zero-order chi connectivity index (χ0) is 25.7. The molecule has 2 unspecified atom stereocenters. The van der Waals surface area contributed by atoms with Crippen LogP contribution in [0.2, 0.25) is 0 Å². The molecule has 2 aromatic carbocycles. The van der Waals surface area contributed by atoms with Gasteiger partial charge < -0.3 is 9.80 Å². The highest BCUT2D eigenvalue weighted by Crippen LogP contribution is 2.25. The molecular weight excluding hydrogens is 461 g/mol. The van der Waals surface area contributed by atoms with Crippen LogP contribution in [0.1, 0.15) is 28.9 Å². The fraction of sp³-hybridized carbons (Fsp3) is 0.519. The fourth-order valence-electron chi connectivity index (χ4n) is 5.15. The number of piperazine rings is 2. The zero-order valence-electron chi connectivity index (χ0n) is 21.2. The van der Waals surface area contributed by atoms with E-state index < -0.39 is 4.92 Å². The molecular formula is C27H36FN5O3. The van der Waals surface area contributed by atoms with Crippen molar-refractivity contribution < 1.29 is 14.1 Å². The zero-order valence-corrected chi connectivity index (χ0v) is 21.2. The van der Waals surface area contributed by atoms with Gasteiger partial charge in [0.2, 0.25) is 0 Å². The van der Waals surface area contributed by atoms with Gasteiger partial charge >= 0.3 is 0 Å². The first-order valence-electron chi connectivity index (χ1n) is 12.7. The van der Waals surface area contributed by atoms with Crippen molar-refractivity contribution in [2.45, 2.75) is 13.0 Å². The molecule has 36 heavy (non-hydrogen) atoms. The van der Waals surface area contributed by atoms with Crippen LogP contribution in [0.5, 0.6) is 0 Å². The number of halogens is 1. The summed E-state index contributed by atoms with van der Waals surface area (Å²) >= 11 is 0. The number of nitro benzene ring substituents is 1. The monoisotopic (exact) mass is 497 g/mol. The predicted molar refractivity (Wildman–Crippen MR) is 138 cm³/mol. The van der Waals surface area contributed by atoms with Crippen LogP contribution in [0, 0.1) is 21.8 Å². The number of nitro groups is 1. The number of carbonyl (C=O) groups is 1. The molecule has 2 atom stereocenters. The Kier molecular flexibility index (Phi) is 8.79. The first-order valence-corrected chi connectivity index (χ1v) is 12.7. The van der Waals surface area contributed by atoms with Crippen molar-refractivity contribution in [3.63, 3.8) is 0 Å². The molecule has 2 aliphatic rings. The average molecular weight is 498 g/mol. The Morgan fingerprint density at radius 1 is 0.889 bits per heavy atom. The molecule has 0 radical (unpaired) electrons. The number of nitrogens with zero attached hydrogens (tertiary/aromatic N) is 5. The summed E-state index contributed by atoms with van der Waals surface area (Å²) in [7, 11) is 2.15. The summed E-state index contributed by atoms with van der Waals surface area (Å²) in [5.41, 5.74) is 1.66. The van der Waals surface area contributed by atoms with Crippen LogP contribution in [0.15, 0.2) is 48.5 Å². The van der Waals surface area contributed by atoms with E-state index in [0.717, 1.165) is 64.5 Å². The molecule has 2 saturated heterocycles. The van der Waals surface area contributed by atoms with Gasteiger partial charge in [-0.25, -0.2) is 4.39 Å². The summed E-state index contributed by atoms with van der Waals surface area (Å²) in [6.45, 7) is 11.2. The van der Waals surface area contributed by atoms with Crippen LogP contribution >= 0.6 is 0 Å². The van der Waals surface area contributed by atoms with E-state index in [1.54, 1.807) is 24.3 Å². The van der Waals surface area contributed by atoms with E-state index >= 15 is 0 Å². The molecule has 2 fully saturated rings. The van der Waals surface area contributed by atoms with E-state index in [1.165, 1.54) is 12.1 Å². The maximum atomic E-state index is 13.6. The average Bonchev–Trinajstić information content (AvgIpc) is 2.89. The van der Waals surface area contributed by atoms with Crippen molar-refractivity contribution in [3.05, 3.63) is 75.6 Å². The number of non-ortho nitro benzene ring substituents is 1. The van der Waals surface area contributed by atoms with Crippen LogP contribution in [0.25, 0.3) is 0 Å². The lowest BCUT2D eigenvalue weighted by atomic mass is 9.98. The second kappa shape index (κ2) is 12.0. The summed E-state index contributed by atoms with van der Waals surface area (Å²) in [6, 6.07) is 13.0. The molecule has 8 nitrogen and oxygen atoms in total. The van der Waals surface area contributed by atoms with E-state index in [9.17, 15) is 19.3 Å². The highest BCUT2D eigenvalue weighted by atomic mass is 19.1. The normalized spacial score (nSPS) is 20.2. The molecule has 2 aliphatic heterocycles. The second-order valence-corrected chi connectivity index (χ2v) is 10.1. The van der Waals surface area contributed by atoms with Crippen LogP contribution in [0.4, 0.5) is 10.1 Å². The van der Waals surface area contributed by atoms with Crippen molar-refractivity contribution in [2.75, 3.05) is 72.5 Å². The molecule has 0 bridgehead atoms. The van der Waals surface area contributed by atoms with Gasteiger partial charge in [-0.1, -0.05) is 19.1 Å². The van der Waals surface area contributed by atoms with Crippen LogP contribution in [0.3, 0.4) is 0 Å². The third-order valence-corrected chi connectivity index (χ3v) is 7.47. The van der Waals surface area contributed by atoms with E-state index in [-0.39, 0.29) is 29.2 Å². The Balaban J connectivity index is 1.31. The largest absolute Gasteiger partial charge is 0.304 e. The molecule has 2 aromatic rings. The summed E-state index contributed by atoms with van der Waals surface area (Å²) in [4.78, 5) is 32.9. The summed E-state index contributed by atoms with van der Waals surface area (Å²) in [5, 5.41) is 10.9. The topological polar surface area (TPSA) is 73.2 Å². The maximum Gasteiger partial charge on any atom is 0.269 e. The standard InChI is InChI=1S/C27H36FN5O3/c1-21(27(34)23-5-9-25(10-6-23)33(35)36)19-30-13-15-31(16-14-30)20-26(22-3-7-24(28)8-4-22)32-17-11-29(2)12-18-32/h3-10,21,26H,11-20H2,1-2H3. The van der Waals surface area contributed by atoms with Gasteiger partial charge in [0.25, 0.3) is 5.69 Å². The molecule has 4 rings (SSSR count). The first-order chi connectivity index (χ1) is 17.3. The molecule has 0 N–H and O–H groups in total. The third kappa shape index (κ3) is 6.73. The molecule has 0 aliphatic carbocycles. The Morgan fingerprint density at radius 3 is 2.00 bits per heavy atom. The Morgan fingerprint density at radius 2 is 1.44 bits per heavy atom. The minimum absolute atomic E-state index is 0.00848. The number of likely N-dealkylation sites (N-methyl/N-ethyl adjacent to an activating group) is 1. The highest BCUT2D eigenvalue weighted by Gasteiger charge is 2.28. The van der Waals surface area contributed by atoms with Crippen molar-refractivity contribution in [1.82, 2.24) is 19.6 Å². The van der Waals surface area contributed by atoms with Gasteiger partial charge in [-0.3, -0.25) is 24.7 Å². The van der Waals surface area contributed by atoms with Crippen molar-refractivity contribution in [1.29, 1.82) is 0 Å². The van der Waals surface area contributed by atoms with Crippen molar-refractivity contribution in [2.24, 2.45) is 5.92 Å². The Hall–Kier alpha value is -2.72. The van der Waals surface area contributed by atoms with Crippen LogP contribution < -0.4 is 0 Å². The highest BCUT2D eigenvalue weighted by molar-refractivity contribution is 5.97. The third-order valence-electron chi connectivity index (χ3n) is 7.47. The fourth-order valence-corrected chi connectivity index (χ4v) is 5.15. The predicted octanol–water partition coefficient (Wildman–Crippen LogP) is 3.16. The van der Waals surface area contributed by atoms with E-state index in [4.69, 9.17) is 0 Å². The number of carbonyl (C=O) groups excluding carboxylic acids is 1. The Bertz CT molecular complexity index is 1020. The number of hydrogen-bond donors (Lipinski definition) is 0. The number of ketones is 1. The van der Waals surface area contributed by atoms with Gasteiger partial charge in [-0.05, 0) is 36.9 Å². The minimum Gasteiger partial charge on any atom is -0.304 e. The van der Waals surface area contributed by atoms with Gasteiger partial charge in [0, 0.05) is 95.1 Å². The molecule has 0 saturated carbocycles. The van der Waals surface area contributed by atoms with Crippen LogP contribution in [-0.2, 0) is 0 Å². The van der Waals surface area contributed by atoms with Crippen molar-refractivity contribution in [3.8, 4) is 0 Å². The second-order valence-electron chi connectivity index (χ2n) is 10.1. The lowest BCUT2D eigenvalue weighted by molar-refractivity contribution is -0.384. The minimum atomic E-state index is -0.457. The number of benzene rings is 2. The van der Waals surface area contributed by atoms with Gasteiger partial charge in [0.1, 0.15) is 5.82 Å². The number of Topliss-reactive ketones (excluding diaryl/α,β-unsaturated/α-hetero) is 1. The van der Waals surface area contributed by atoms with E-state index in [1.807, 2.05) is 19.1 Å². The maximum absolute atomic E-state index is 13.6. The van der Waals surface area contributed by atoms with E-state index in [0.29, 0.717) is 12.1 Å². The molecule has 0 aromatic heterocycles. The van der Waals surface area contributed by atoms with Crippen molar-refractivity contribution >= 4 is 11.5 Å². The first kappa shape index (κ1) is 26.3. The number of rotatable bonds is 9. The lowest BCUT2D eigenvalue weighted by Gasteiger charge is -2.42. The lowest BCUT2D eigenvalue weighted by Crippen LogP contribution is -2.52. The molecule has 0 spiro atoms. The molecule has 9 heteroatoms. The molecule has 0 amide bonds. The Labute approximate surface area is 212 Å². The molecule has 194 valence electrons. The van der Waals surface area contributed by atoms with Gasteiger partial charge in [-0.15, -0.1) is 0 Å². The summed E-state index contributed by atoms with van der Waals surface area (Å²) in [6.07, 6.45) is 0. The van der Waals surface area contributed by atoms with Gasteiger partial charge in [-0.2, -0.15) is 0 Å². The van der Waals surface area contributed by atoms with Crippen LogP contribution in [-0.4, -0.2) is 103 Å². The smallest absolute Gasteiger partial charge is 0.269 e. The number of hydrogen-bond acceptors (Lipinski definition) is 7. The summed E-state index contributed by atoms with van der Waals surface area (Å²) < 4.78 is 13.6. The quantitative estimate of drug-likeness (QED) is 0.299. The van der Waals surface area contributed by atoms with Gasteiger partial charge in [0.05, 0.1) is 4.92 Å².